The fraction of sp³-hybridized carbons (Fsp3) is 0.632. The van der Waals surface area contributed by atoms with Crippen molar-refractivity contribution in [3.8, 4) is 0 Å². The first-order valence-electron chi connectivity index (χ1n) is 8.73. The number of aliphatic hydroxyl groups is 1. The predicted molar refractivity (Wildman–Crippen MR) is 92.6 cm³/mol. The third-order valence-corrected chi connectivity index (χ3v) is 6.91. The van der Waals surface area contributed by atoms with Crippen LogP contribution in [0.25, 0.3) is 0 Å². The Bertz CT molecular complexity index is 621. The number of benzene rings is 1. The van der Waals surface area contributed by atoms with Gasteiger partial charge in [-0.05, 0) is 31.1 Å². The summed E-state index contributed by atoms with van der Waals surface area (Å²) in [5, 5.41) is 10.6. The molecule has 3 fully saturated rings. The van der Waals surface area contributed by atoms with E-state index in [1.54, 1.807) is 6.92 Å². The van der Waals surface area contributed by atoms with E-state index in [-0.39, 0.29) is 24.0 Å². The quantitative estimate of drug-likeness (QED) is 0.801. The number of thioether (sulfide) groups is 1. The van der Waals surface area contributed by atoms with E-state index in [2.05, 4.69) is 24.3 Å². The Kier molecular flexibility index (Phi) is 4.23. The van der Waals surface area contributed by atoms with E-state index in [0.717, 1.165) is 24.3 Å². The number of hydrogen-bond donors (Lipinski definition) is 1. The molecule has 1 aliphatic carbocycles. The summed E-state index contributed by atoms with van der Waals surface area (Å²) in [6.45, 7) is 1.80. The number of carbonyl (C=O) groups excluding carboxylic acids is 1. The summed E-state index contributed by atoms with van der Waals surface area (Å²) in [4.78, 5) is 12.4. The minimum Gasteiger partial charge on any atom is -0.363 e. The fourth-order valence-electron chi connectivity index (χ4n) is 4.20. The number of Topliss-reactive ketones (excluding diaryl/α,β-unsaturated/α-hetero) is 1. The fourth-order valence-corrected chi connectivity index (χ4v) is 5.38. The maximum Gasteiger partial charge on any atom is 0.198 e. The lowest BCUT2D eigenvalue weighted by molar-refractivity contribution is -0.266. The second-order valence-corrected chi connectivity index (χ2v) is 8.55. The van der Waals surface area contributed by atoms with Crippen LogP contribution in [0.1, 0.15) is 31.7 Å². The molecule has 1 saturated carbocycles. The van der Waals surface area contributed by atoms with Gasteiger partial charge in [0.1, 0.15) is 11.4 Å². The smallest absolute Gasteiger partial charge is 0.198 e. The highest BCUT2D eigenvalue weighted by Gasteiger charge is 2.69. The summed E-state index contributed by atoms with van der Waals surface area (Å²) < 4.78 is 11.7. The van der Waals surface area contributed by atoms with Crippen LogP contribution in [-0.4, -0.2) is 40.1 Å². The molecule has 3 bridgehead atoms. The molecule has 0 radical (unpaired) electrons. The van der Waals surface area contributed by atoms with E-state index in [1.807, 2.05) is 17.8 Å². The number of fused-ring (bicyclic) bond motifs is 2. The Balaban J connectivity index is 1.30. The molecular weight excluding hydrogens is 324 g/mol. The predicted octanol–water partition coefficient (Wildman–Crippen LogP) is 2.78. The SMILES string of the molecule is C[C@]12CC(=O)[C@H]3C[C@@]1(O)O[C@@H](O2)[C@@H]3CSCCCc1ccccc1. The van der Waals surface area contributed by atoms with Gasteiger partial charge < -0.3 is 14.6 Å². The summed E-state index contributed by atoms with van der Waals surface area (Å²) in [6.07, 6.45) is 2.41. The molecule has 4 rings (SSSR count). The lowest BCUT2D eigenvalue weighted by Crippen LogP contribution is -2.59. The zero-order chi connectivity index (χ0) is 16.8. The summed E-state index contributed by atoms with van der Waals surface area (Å²) in [7, 11) is 0. The zero-order valence-corrected chi connectivity index (χ0v) is 14.8. The summed E-state index contributed by atoms with van der Waals surface area (Å²) in [5.74, 6) is 0.797. The molecular formula is C19H24O4S. The zero-order valence-electron chi connectivity index (χ0n) is 13.9. The molecule has 0 aromatic heterocycles. The minimum absolute atomic E-state index is 0.0591. The van der Waals surface area contributed by atoms with Gasteiger partial charge in [-0.1, -0.05) is 30.3 Å². The number of ketones is 1. The monoisotopic (exact) mass is 348 g/mol. The van der Waals surface area contributed by atoms with Crippen LogP contribution in [0.4, 0.5) is 0 Å². The first kappa shape index (κ1) is 16.6. The molecule has 0 spiro atoms. The Labute approximate surface area is 146 Å². The lowest BCUT2D eigenvalue weighted by atomic mass is 9.70. The Morgan fingerprint density at radius 2 is 2.08 bits per heavy atom. The van der Waals surface area contributed by atoms with Crippen LogP contribution in [0.5, 0.6) is 0 Å². The Morgan fingerprint density at radius 1 is 1.29 bits per heavy atom. The highest BCUT2D eigenvalue weighted by molar-refractivity contribution is 7.99. The van der Waals surface area contributed by atoms with Gasteiger partial charge in [-0.3, -0.25) is 4.79 Å². The van der Waals surface area contributed by atoms with Crippen molar-refractivity contribution in [2.24, 2.45) is 11.8 Å². The van der Waals surface area contributed by atoms with Gasteiger partial charge in [0.25, 0.3) is 0 Å². The van der Waals surface area contributed by atoms with Gasteiger partial charge in [-0.15, -0.1) is 0 Å². The van der Waals surface area contributed by atoms with Crippen LogP contribution in [-0.2, 0) is 20.7 Å². The number of aryl methyl sites for hydroxylation is 1. The third-order valence-electron chi connectivity index (χ3n) is 5.71. The molecule has 0 unspecified atom stereocenters. The third kappa shape index (κ3) is 2.71. The molecule has 5 heteroatoms. The molecule has 5 atom stereocenters. The van der Waals surface area contributed by atoms with Crippen LogP contribution in [0, 0.1) is 11.8 Å². The van der Waals surface area contributed by atoms with Gasteiger partial charge in [0.2, 0.25) is 0 Å². The highest BCUT2D eigenvalue weighted by atomic mass is 32.2. The topological polar surface area (TPSA) is 55.8 Å². The average Bonchev–Trinajstić information content (AvgIpc) is 2.72. The van der Waals surface area contributed by atoms with Crippen molar-refractivity contribution in [1.29, 1.82) is 0 Å². The maximum absolute atomic E-state index is 12.4. The van der Waals surface area contributed by atoms with Gasteiger partial charge in [0.05, 0.1) is 0 Å². The number of ether oxygens (including phenoxy) is 2. The second kappa shape index (κ2) is 6.13. The normalized spacial score (nSPS) is 40.2. The molecule has 0 amide bonds. The molecule has 1 N–H and O–H groups in total. The molecule has 3 aliphatic rings. The van der Waals surface area contributed by atoms with Crippen LogP contribution in [0.3, 0.4) is 0 Å². The molecule has 1 aromatic carbocycles. The van der Waals surface area contributed by atoms with E-state index in [0.29, 0.717) is 6.42 Å². The number of rotatable bonds is 6. The maximum atomic E-state index is 12.4. The molecule has 24 heavy (non-hydrogen) atoms. The number of hydrogen-bond acceptors (Lipinski definition) is 5. The first-order valence-corrected chi connectivity index (χ1v) is 9.89. The summed E-state index contributed by atoms with van der Waals surface area (Å²) in [6, 6.07) is 10.5. The van der Waals surface area contributed by atoms with Crippen molar-refractivity contribution < 1.29 is 19.4 Å². The molecule has 2 aliphatic heterocycles. The molecule has 2 heterocycles. The van der Waals surface area contributed by atoms with Gasteiger partial charge in [0.15, 0.2) is 12.1 Å². The minimum atomic E-state index is -1.27. The van der Waals surface area contributed by atoms with E-state index < -0.39 is 17.7 Å². The van der Waals surface area contributed by atoms with Gasteiger partial charge in [-0.25, -0.2) is 0 Å². The molecule has 2 saturated heterocycles. The van der Waals surface area contributed by atoms with E-state index >= 15 is 0 Å². The second-order valence-electron chi connectivity index (χ2n) is 7.40. The number of carbonyl (C=O) groups is 1. The standard InChI is InChI=1S/C19H24O4S/c1-18-11-16(20)14-10-19(18,21)23-17(22-18)15(14)12-24-9-5-8-13-6-3-2-4-7-13/h2-4,6-7,14-15,17,21H,5,8-12H2,1H3/t14-,15+,17+,18-,19+/m0/s1. The largest absolute Gasteiger partial charge is 0.363 e. The van der Waals surface area contributed by atoms with Gasteiger partial charge in [0, 0.05) is 30.4 Å². The highest BCUT2D eigenvalue weighted by Crippen LogP contribution is 2.56. The van der Waals surface area contributed by atoms with Crippen LogP contribution >= 0.6 is 11.8 Å². The van der Waals surface area contributed by atoms with E-state index in [4.69, 9.17) is 9.47 Å². The van der Waals surface area contributed by atoms with Gasteiger partial charge >= 0.3 is 0 Å². The van der Waals surface area contributed by atoms with Crippen molar-refractivity contribution in [3.63, 3.8) is 0 Å². The van der Waals surface area contributed by atoms with E-state index in [9.17, 15) is 9.90 Å². The van der Waals surface area contributed by atoms with Crippen molar-refractivity contribution in [2.75, 3.05) is 11.5 Å². The first-order chi connectivity index (χ1) is 11.5. The summed E-state index contributed by atoms with van der Waals surface area (Å²) >= 11 is 1.86. The Morgan fingerprint density at radius 3 is 2.88 bits per heavy atom. The van der Waals surface area contributed by atoms with Crippen molar-refractivity contribution in [2.45, 2.75) is 50.3 Å². The van der Waals surface area contributed by atoms with E-state index in [1.165, 1.54) is 5.56 Å². The molecule has 1 aromatic rings. The van der Waals surface area contributed by atoms with Crippen LogP contribution in [0.2, 0.25) is 0 Å². The van der Waals surface area contributed by atoms with Crippen LogP contribution < -0.4 is 0 Å². The van der Waals surface area contributed by atoms with Crippen molar-refractivity contribution in [1.82, 2.24) is 0 Å². The Hall–Kier alpha value is -0.880. The van der Waals surface area contributed by atoms with Crippen LogP contribution in [0.15, 0.2) is 30.3 Å². The molecule has 4 nitrogen and oxygen atoms in total. The average molecular weight is 348 g/mol. The summed E-state index contributed by atoms with van der Waals surface area (Å²) in [5.41, 5.74) is 0.503. The van der Waals surface area contributed by atoms with Crippen molar-refractivity contribution >= 4 is 17.5 Å². The lowest BCUT2D eigenvalue weighted by Gasteiger charge is -2.45. The van der Waals surface area contributed by atoms with Gasteiger partial charge in [-0.2, -0.15) is 11.8 Å². The van der Waals surface area contributed by atoms with Crippen molar-refractivity contribution in [3.05, 3.63) is 35.9 Å². The molecule has 130 valence electrons.